The van der Waals surface area contributed by atoms with Crippen LogP contribution in [-0.2, 0) is 14.8 Å². The lowest BCUT2D eigenvalue weighted by Gasteiger charge is -2.10. The van der Waals surface area contributed by atoms with Gasteiger partial charge in [-0.25, -0.2) is 12.8 Å². The molecule has 7 heteroatoms. The molecule has 0 unspecified atom stereocenters. The third-order valence-electron chi connectivity index (χ3n) is 2.03. The fourth-order valence-corrected chi connectivity index (χ4v) is 2.50. The van der Waals surface area contributed by atoms with Gasteiger partial charge < -0.3 is 5.32 Å². The van der Waals surface area contributed by atoms with Crippen molar-refractivity contribution in [2.75, 3.05) is 15.8 Å². The summed E-state index contributed by atoms with van der Waals surface area (Å²) in [6, 6.07) is 3.69. The minimum absolute atomic E-state index is 0.0865. The number of carbonyl (C=O) groups is 1. The molecule has 0 aliphatic rings. The highest BCUT2D eigenvalue weighted by Crippen LogP contribution is 2.21. The highest BCUT2D eigenvalue weighted by atomic mass is 32.2. The SMILES string of the molecule is CCCS(=O)(=O)Nc1cc(NC(C)=O)ccc1F. The average molecular weight is 274 g/mol. The zero-order valence-electron chi connectivity index (χ0n) is 10.2. The fourth-order valence-electron chi connectivity index (χ4n) is 1.37. The van der Waals surface area contributed by atoms with Crippen LogP contribution >= 0.6 is 0 Å². The van der Waals surface area contributed by atoms with E-state index < -0.39 is 15.8 Å². The number of sulfonamides is 1. The first-order valence-corrected chi connectivity index (χ1v) is 7.07. The molecule has 0 aliphatic carbocycles. The molecule has 2 N–H and O–H groups in total. The Morgan fingerprint density at radius 3 is 2.61 bits per heavy atom. The van der Waals surface area contributed by atoms with E-state index >= 15 is 0 Å². The Labute approximate surface area is 105 Å². The van der Waals surface area contributed by atoms with E-state index in [1.165, 1.54) is 19.1 Å². The summed E-state index contributed by atoms with van der Waals surface area (Å²) in [5, 5.41) is 2.45. The predicted molar refractivity (Wildman–Crippen MR) is 68.4 cm³/mol. The van der Waals surface area contributed by atoms with E-state index in [-0.39, 0.29) is 17.3 Å². The van der Waals surface area contributed by atoms with E-state index in [1.807, 2.05) is 0 Å². The zero-order chi connectivity index (χ0) is 13.8. The number of amides is 1. The lowest BCUT2D eigenvalue weighted by Crippen LogP contribution is -2.17. The van der Waals surface area contributed by atoms with Gasteiger partial charge in [-0.05, 0) is 24.6 Å². The van der Waals surface area contributed by atoms with Gasteiger partial charge in [-0.2, -0.15) is 0 Å². The van der Waals surface area contributed by atoms with Gasteiger partial charge in [-0.15, -0.1) is 0 Å². The van der Waals surface area contributed by atoms with E-state index in [1.54, 1.807) is 6.92 Å². The van der Waals surface area contributed by atoms with Crippen molar-refractivity contribution >= 4 is 27.3 Å². The Balaban J connectivity index is 2.98. The van der Waals surface area contributed by atoms with Crippen molar-refractivity contribution in [1.29, 1.82) is 0 Å². The van der Waals surface area contributed by atoms with Crippen LogP contribution in [0.3, 0.4) is 0 Å². The molecule has 5 nitrogen and oxygen atoms in total. The van der Waals surface area contributed by atoms with E-state index in [9.17, 15) is 17.6 Å². The number of halogens is 1. The lowest BCUT2D eigenvalue weighted by atomic mass is 10.2. The van der Waals surface area contributed by atoms with Crippen molar-refractivity contribution in [1.82, 2.24) is 0 Å². The molecular formula is C11H15FN2O3S. The van der Waals surface area contributed by atoms with Crippen LogP contribution in [0.4, 0.5) is 15.8 Å². The van der Waals surface area contributed by atoms with Gasteiger partial charge in [0.2, 0.25) is 15.9 Å². The van der Waals surface area contributed by atoms with Crippen LogP contribution < -0.4 is 10.0 Å². The molecule has 0 heterocycles. The first-order valence-electron chi connectivity index (χ1n) is 5.41. The number of hydrogen-bond donors (Lipinski definition) is 2. The standard InChI is InChI=1S/C11H15FN2O3S/c1-3-6-18(16,17)14-11-7-9(13-8(2)15)4-5-10(11)12/h4-5,7,14H,3,6H2,1-2H3,(H,13,15). The summed E-state index contributed by atoms with van der Waals surface area (Å²) in [5.74, 6) is -1.09. The second-order valence-corrected chi connectivity index (χ2v) is 5.64. The maximum absolute atomic E-state index is 13.4. The summed E-state index contributed by atoms with van der Waals surface area (Å²) in [7, 11) is -3.56. The third-order valence-corrected chi connectivity index (χ3v) is 3.50. The first-order chi connectivity index (χ1) is 8.34. The van der Waals surface area contributed by atoms with E-state index in [0.717, 1.165) is 6.07 Å². The van der Waals surface area contributed by atoms with Gasteiger partial charge in [0.25, 0.3) is 0 Å². The van der Waals surface area contributed by atoms with Crippen molar-refractivity contribution in [3.8, 4) is 0 Å². The summed E-state index contributed by atoms with van der Waals surface area (Å²) < 4.78 is 38.6. The smallest absolute Gasteiger partial charge is 0.232 e. The van der Waals surface area contributed by atoms with Crippen LogP contribution in [-0.4, -0.2) is 20.1 Å². The summed E-state index contributed by atoms with van der Waals surface area (Å²) >= 11 is 0. The molecule has 1 aromatic rings. The Bertz CT molecular complexity index is 543. The molecule has 100 valence electrons. The molecule has 1 aromatic carbocycles. The van der Waals surface area contributed by atoms with Crippen LogP contribution in [0.15, 0.2) is 18.2 Å². The predicted octanol–water partition coefficient (Wildman–Crippen LogP) is 1.94. The van der Waals surface area contributed by atoms with Gasteiger partial charge >= 0.3 is 0 Å². The molecule has 0 spiro atoms. The molecule has 0 fully saturated rings. The molecule has 1 rings (SSSR count). The Morgan fingerprint density at radius 1 is 1.39 bits per heavy atom. The minimum atomic E-state index is -3.56. The molecular weight excluding hydrogens is 259 g/mol. The molecule has 0 radical (unpaired) electrons. The normalized spacial score (nSPS) is 11.1. The number of anilines is 2. The Kier molecular flexibility index (Phi) is 4.66. The van der Waals surface area contributed by atoms with Crippen LogP contribution in [0.2, 0.25) is 0 Å². The Morgan fingerprint density at radius 2 is 2.06 bits per heavy atom. The van der Waals surface area contributed by atoms with Crippen LogP contribution in [0.5, 0.6) is 0 Å². The molecule has 0 bridgehead atoms. The monoisotopic (exact) mass is 274 g/mol. The number of rotatable bonds is 5. The van der Waals surface area contributed by atoms with Crippen molar-refractivity contribution in [3.63, 3.8) is 0 Å². The van der Waals surface area contributed by atoms with Crippen LogP contribution in [0.25, 0.3) is 0 Å². The maximum atomic E-state index is 13.4. The number of nitrogens with one attached hydrogen (secondary N) is 2. The van der Waals surface area contributed by atoms with Gasteiger partial charge in [0.15, 0.2) is 0 Å². The van der Waals surface area contributed by atoms with E-state index in [0.29, 0.717) is 12.1 Å². The van der Waals surface area contributed by atoms with Gasteiger partial charge in [0.1, 0.15) is 5.82 Å². The largest absolute Gasteiger partial charge is 0.326 e. The number of benzene rings is 1. The number of carbonyl (C=O) groups excluding carboxylic acids is 1. The zero-order valence-corrected chi connectivity index (χ0v) is 11.0. The van der Waals surface area contributed by atoms with Crippen molar-refractivity contribution in [3.05, 3.63) is 24.0 Å². The first kappa shape index (κ1) is 14.4. The quantitative estimate of drug-likeness (QED) is 0.861. The van der Waals surface area contributed by atoms with Crippen LogP contribution in [0, 0.1) is 5.82 Å². The topological polar surface area (TPSA) is 75.3 Å². The minimum Gasteiger partial charge on any atom is -0.326 e. The fraction of sp³-hybridized carbons (Fsp3) is 0.364. The van der Waals surface area contributed by atoms with Gasteiger partial charge in [0.05, 0.1) is 11.4 Å². The second-order valence-electron chi connectivity index (χ2n) is 3.80. The molecule has 0 aliphatic heterocycles. The second kappa shape index (κ2) is 5.81. The van der Waals surface area contributed by atoms with Crippen LogP contribution in [0.1, 0.15) is 20.3 Å². The molecule has 0 saturated carbocycles. The van der Waals surface area contributed by atoms with E-state index in [2.05, 4.69) is 10.0 Å². The third kappa shape index (κ3) is 4.33. The van der Waals surface area contributed by atoms with Crippen molar-refractivity contribution in [2.24, 2.45) is 0 Å². The van der Waals surface area contributed by atoms with Crippen molar-refractivity contribution < 1.29 is 17.6 Å². The lowest BCUT2D eigenvalue weighted by molar-refractivity contribution is -0.114. The molecule has 18 heavy (non-hydrogen) atoms. The summed E-state index contributed by atoms with van der Waals surface area (Å²) in [4.78, 5) is 10.9. The van der Waals surface area contributed by atoms with E-state index in [4.69, 9.17) is 0 Å². The van der Waals surface area contributed by atoms with Gasteiger partial charge in [-0.1, -0.05) is 6.92 Å². The van der Waals surface area contributed by atoms with Gasteiger partial charge in [-0.3, -0.25) is 9.52 Å². The molecule has 0 saturated heterocycles. The average Bonchev–Trinajstić information content (AvgIpc) is 2.21. The molecule has 1 amide bonds. The highest BCUT2D eigenvalue weighted by molar-refractivity contribution is 7.92. The van der Waals surface area contributed by atoms with Gasteiger partial charge in [0, 0.05) is 12.6 Å². The molecule has 0 aromatic heterocycles. The highest BCUT2D eigenvalue weighted by Gasteiger charge is 2.12. The maximum Gasteiger partial charge on any atom is 0.232 e. The van der Waals surface area contributed by atoms with Crippen molar-refractivity contribution in [2.45, 2.75) is 20.3 Å². The number of hydrogen-bond acceptors (Lipinski definition) is 3. The summed E-state index contributed by atoms with van der Waals surface area (Å²) in [5.41, 5.74) is 0.160. The molecule has 0 atom stereocenters. The Hall–Kier alpha value is -1.63. The summed E-state index contributed by atoms with van der Waals surface area (Å²) in [6.07, 6.45) is 0.433. The summed E-state index contributed by atoms with van der Waals surface area (Å²) in [6.45, 7) is 3.02.